The third-order valence-corrected chi connectivity index (χ3v) is 3.64. The quantitative estimate of drug-likeness (QED) is 0.767. The summed E-state index contributed by atoms with van der Waals surface area (Å²) in [7, 11) is 1.91. The van der Waals surface area contributed by atoms with Gasteiger partial charge in [0.05, 0.1) is 0 Å². The van der Waals surface area contributed by atoms with Crippen molar-refractivity contribution < 1.29 is 0 Å². The molecule has 1 aromatic heterocycles. The Bertz CT molecular complexity index is 725. The van der Waals surface area contributed by atoms with E-state index in [-0.39, 0.29) is 0 Å². The maximum atomic E-state index is 5.99. The molecule has 20 heavy (non-hydrogen) atoms. The molecule has 0 atom stereocenters. The van der Waals surface area contributed by atoms with Crippen LogP contribution in [0, 0.1) is 6.92 Å². The highest BCUT2D eigenvalue weighted by Crippen LogP contribution is 2.30. The van der Waals surface area contributed by atoms with Gasteiger partial charge in [0.1, 0.15) is 0 Å². The molecule has 2 aromatic carbocycles. The van der Waals surface area contributed by atoms with Crippen molar-refractivity contribution in [3.05, 3.63) is 60.3 Å². The molecular formula is C17H17N3. The van der Waals surface area contributed by atoms with E-state index in [0.29, 0.717) is 5.82 Å². The predicted octanol–water partition coefficient (Wildman–Crippen LogP) is 3.64. The highest BCUT2D eigenvalue weighted by atomic mass is 15.3. The van der Waals surface area contributed by atoms with E-state index in [9.17, 15) is 0 Å². The van der Waals surface area contributed by atoms with E-state index >= 15 is 0 Å². The van der Waals surface area contributed by atoms with E-state index in [0.717, 1.165) is 16.8 Å². The summed E-state index contributed by atoms with van der Waals surface area (Å²) in [5, 5.41) is 4.26. The molecule has 1 heterocycles. The first-order valence-electron chi connectivity index (χ1n) is 6.62. The predicted molar refractivity (Wildman–Crippen MR) is 83.2 cm³/mol. The topological polar surface area (TPSA) is 43.8 Å². The fourth-order valence-electron chi connectivity index (χ4n) is 2.45. The van der Waals surface area contributed by atoms with Crippen LogP contribution in [0.2, 0.25) is 0 Å². The fraction of sp³-hybridized carbons (Fsp3) is 0.118. The highest BCUT2D eigenvalue weighted by molar-refractivity contribution is 5.78. The molecule has 2 N–H and O–H groups in total. The molecule has 0 aliphatic carbocycles. The third kappa shape index (κ3) is 2.07. The van der Waals surface area contributed by atoms with Gasteiger partial charge in [0.15, 0.2) is 5.82 Å². The minimum absolute atomic E-state index is 0.581. The lowest BCUT2D eigenvalue weighted by atomic mass is 10.0. The number of hydrogen-bond donors (Lipinski definition) is 1. The highest BCUT2D eigenvalue weighted by Gasteiger charge is 2.12. The number of nitrogens with two attached hydrogens (primary N) is 1. The minimum atomic E-state index is 0.581. The summed E-state index contributed by atoms with van der Waals surface area (Å²) >= 11 is 0. The van der Waals surface area contributed by atoms with Crippen molar-refractivity contribution >= 4 is 5.82 Å². The molecule has 0 aliphatic heterocycles. The van der Waals surface area contributed by atoms with Gasteiger partial charge in [-0.15, -0.1) is 0 Å². The maximum absolute atomic E-state index is 5.99. The van der Waals surface area contributed by atoms with Crippen LogP contribution in [-0.2, 0) is 7.05 Å². The third-order valence-electron chi connectivity index (χ3n) is 3.64. The number of anilines is 1. The minimum Gasteiger partial charge on any atom is -0.382 e. The Balaban J connectivity index is 2.02. The number of nitrogens with zero attached hydrogens (tertiary/aromatic N) is 2. The summed E-state index contributed by atoms with van der Waals surface area (Å²) in [5.74, 6) is 0.581. The molecule has 0 aliphatic rings. The van der Waals surface area contributed by atoms with Gasteiger partial charge in [-0.2, -0.15) is 5.10 Å². The molecule has 3 heteroatoms. The van der Waals surface area contributed by atoms with Crippen molar-refractivity contribution in [1.82, 2.24) is 9.78 Å². The van der Waals surface area contributed by atoms with Crippen LogP contribution in [0.15, 0.2) is 54.6 Å². The summed E-state index contributed by atoms with van der Waals surface area (Å²) in [6, 6.07) is 18.8. The van der Waals surface area contributed by atoms with Gasteiger partial charge in [-0.25, -0.2) is 0 Å². The summed E-state index contributed by atoms with van der Waals surface area (Å²) in [5.41, 5.74) is 11.6. The van der Waals surface area contributed by atoms with Crippen LogP contribution in [0.3, 0.4) is 0 Å². The Kier molecular flexibility index (Phi) is 3.03. The first-order chi connectivity index (χ1) is 9.66. The Morgan fingerprint density at radius 1 is 0.850 bits per heavy atom. The molecule has 0 fully saturated rings. The molecule has 0 saturated heterocycles. The molecule has 0 saturated carbocycles. The van der Waals surface area contributed by atoms with Gasteiger partial charge in [0.2, 0.25) is 0 Å². The lowest BCUT2D eigenvalue weighted by Gasteiger charge is -2.05. The van der Waals surface area contributed by atoms with Crippen LogP contribution in [0.4, 0.5) is 5.82 Å². The van der Waals surface area contributed by atoms with Gasteiger partial charge in [0.25, 0.3) is 0 Å². The number of aromatic nitrogens is 2. The second-order valence-corrected chi connectivity index (χ2v) is 4.91. The largest absolute Gasteiger partial charge is 0.382 e. The summed E-state index contributed by atoms with van der Waals surface area (Å²) < 4.78 is 1.82. The van der Waals surface area contributed by atoms with Crippen LogP contribution < -0.4 is 5.73 Å². The standard InChI is InChI=1S/C17H17N3/c1-12-16(17(18)19-20(12)2)15-10-8-14(9-11-15)13-6-4-3-5-7-13/h3-11H,1-2H3,(H2,18,19). The van der Waals surface area contributed by atoms with Crippen molar-refractivity contribution in [3.63, 3.8) is 0 Å². The van der Waals surface area contributed by atoms with Crippen LogP contribution in [0.1, 0.15) is 5.69 Å². The zero-order valence-corrected chi connectivity index (χ0v) is 11.7. The fourth-order valence-corrected chi connectivity index (χ4v) is 2.45. The number of aryl methyl sites for hydroxylation is 1. The lowest BCUT2D eigenvalue weighted by Crippen LogP contribution is -1.93. The number of nitrogen functional groups attached to an aromatic ring is 1. The van der Waals surface area contributed by atoms with Crippen molar-refractivity contribution in [2.45, 2.75) is 6.92 Å². The Hall–Kier alpha value is -2.55. The second-order valence-electron chi connectivity index (χ2n) is 4.91. The molecule has 3 rings (SSSR count). The second kappa shape index (κ2) is 4.85. The molecule has 3 nitrogen and oxygen atoms in total. The van der Waals surface area contributed by atoms with Gasteiger partial charge in [-0.05, 0) is 23.6 Å². The summed E-state index contributed by atoms with van der Waals surface area (Å²) in [6.45, 7) is 2.03. The van der Waals surface area contributed by atoms with Crippen molar-refractivity contribution in [1.29, 1.82) is 0 Å². The number of hydrogen-bond acceptors (Lipinski definition) is 2. The maximum Gasteiger partial charge on any atom is 0.153 e. The summed E-state index contributed by atoms with van der Waals surface area (Å²) in [6.07, 6.45) is 0. The molecule has 0 unspecified atom stereocenters. The first-order valence-corrected chi connectivity index (χ1v) is 6.62. The Labute approximate surface area is 118 Å². The molecule has 0 spiro atoms. The van der Waals surface area contributed by atoms with E-state index < -0.39 is 0 Å². The van der Waals surface area contributed by atoms with E-state index in [4.69, 9.17) is 5.73 Å². The normalized spacial score (nSPS) is 10.7. The van der Waals surface area contributed by atoms with Gasteiger partial charge in [-0.1, -0.05) is 54.6 Å². The lowest BCUT2D eigenvalue weighted by molar-refractivity contribution is 0.744. The average molecular weight is 263 g/mol. The van der Waals surface area contributed by atoms with Crippen LogP contribution >= 0.6 is 0 Å². The molecule has 0 amide bonds. The van der Waals surface area contributed by atoms with Crippen molar-refractivity contribution in [2.75, 3.05) is 5.73 Å². The van der Waals surface area contributed by atoms with Gasteiger partial charge in [-0.3, -0.25) is 4.68 Å². The van der Waals surface area contributed by atoms with Crippen molar-refractivity contribution in [3.8, 4) is 22.3 Å². The first kappa shape index (κ1) is 12.5. The Morgan fingerprint density at radius 3 is 1.95 bits per heavy atom. The Morgan fingerprint density at radius 2 is 1.40 bits per heavy atom. The van der Waals surface area contributed by atoms with Gasteiger partial charge >= 0.3 is 0 Å². The summed E-state index contributed by atoms with van der Waals surface area (Å²) in [4.78, 5) is 0. The van der Waals surface area contributed by atoms with Crippen LogP contribution in [0.5, 0.6) is 0 Å². The molecule has 100 valence electrons. The zero-order valence-electron chi connectivity index (χ0n) is 11.7. The molecular weight excluding hydrogens is 246 g/mol. The van der Waals surface area contributed by atoms with E-state index in [1.54, 1.807) is 0 Å². The molecule has 0 radical (unpaired) electrons. The SMILES string of the molecule is Cc1c(-c2ccc(-c3ccccc3)cc2)c(N)nn1C. The van der Waals surface area contributed by atoms with Gasteiger partial charge < -0.3 is 5.73 Å². The molecule has 0 bridgehead atoms. The molecule has 3 aromatic rings. The average Bonchev–Trinajstić information content (AvgIpc) is 2.73. The van der Waals surface area contributed by atoms with E-state index in [1.165, 1.54) is 11.1 Å². The smallest absolute Gasteiger partial charge is 0.153 e. The van der Waals surface area contributed by atoms with E-state index in [2.05, 4.69) is 41.5 Å². The van der Waals surface area contributed by atoms with Crippen molar-refractivity contribution in [2.24, 2.45) is 7.05 Å². The van der Waals surface area contributed by atoms with Crippen LogP contribution in [-0.4, -0.2) is 9.78 Å². The number of rotatable bonds is 2. The number of benzene rings is 2. The zero-order chi connectivity index (χ0) is 14.1. The monoisotopic (exact) mass is 263 g/mol. The van der Waals surface area contributed by atoms with Crippen LogP contribution in [0.25, 0.3) is 22.3 Å². The van der Waals surface area contributed by atoms with Gasteiger partial charge in [0, 0.05) is 18.3 Å². The van der Waals surface area contributed by atoms with E-state index in [1.807, 2.05) is 36.9 Å².